The number of benzene rings is 3. The molecule has 0 atom stereocenters. The van der Waals surface area contributed by atoms with Crippen LogP contribution in [0.25, 0.3) is 22.2 Å². The zero-order chi connectivity index (χ0) is 20.5. The summed E-state index contributed by atoms with van der Waals surface area (Å²) in [4.78, 5) is 18.1. The van der Waals surface area contributed by atoms with Gasteiger partial charge in [0.1, 0.15) is 0 Å². The Labute approximate surface area is 175 Å². The Morgan fingerprint density at radius 2 is 1.62 bits per heavy atom. The van der Waals surface area contributed by atoms with Gasteiger partial charge in [-0.05, 0) is 50.6 Å². The molecule has 0 aliphatic heterocycles. The zero-order valence-electron chi connectivity index (χ0n) is 16.6. The molecule has 0 aliphatic rings. The van der Waals surface area contributed by atoms with Gasteiger partial charge in [-0.1, -0.05) is 65.2 Å². The van der Waals surface area contributed by atoms with E-state index in [-0.39, 0.29) is 5.91 Å². The highest BCUT2D eigenvalue weighted by molar-refractivity contribution is 6.34. The van der Waals surface area contributed by atoms with Gasteiger partial charge in [-0.3, -0.25) is 4.79 Å². The maximum absolute atomic E-state index is 13.2. The molecule has 0 aliphatic carbocycles. The van der Waals surface area contributed by atoms with Crippen molar-refractivity contribution in [2.45, 2.75) is 20.8 Å². The number of rotatable bonds is 3. The average Bonchev–Trinajstić information content (AvgIpc) is 2.69. The Morgan fingerprint density at radius 3 is 2.34 bits per heavy atom. The van der Waals surface area contributed by atoms with Crippen molar-refractivity contribution in [3.8, 4) is 11.3 Å². The normalized spacial score (nSPS) is 10.9. The van der Waals surface area contributed by atoms with Crippen molar-refractivity contribution in [1.82, 2.24) is 4.98 Å². The molecule has 0 spiro atoms. The fraction of sp³-hybridized carbons (Fsp3) is 0.120. The number of nitrogens with one attached hydrogen (secondary N) is 1. The van der Waals surface area contributed by atoms with E-state index < -0.39 is 0 Å². The lowest BCUT2D eigenvalue weighted by Crippen LogP contribution is -2.13. The van der Waals surface area contributed by atoms with Crippen LogP contribution in [0.15, 0.2) is 66.7 Å². The molecule has 4 heteroatoms. The lowest BCUT2D eigenvalue weighted by atomic mass is 9.99. The van der Waals surface area contributed by atoms with Crippen LogP contribution in [-0.4, -0.2) is 10.9 Å². The van der Waals surface area contributed by atoms with Gasteiger partial charge in [0.15, 0.2) is 0 Å². The quantitative estimate of drug-likeness (QED) is 0.414. The molecule has 0 fully saturated rings. The Morgan fingerprint density at radius 1 is 0.897 bits per heavy atom. The van der Waals surface area contributed by atoms with Gasteiger partial charge in [0.05, 0.1) is 27.5 Å². The molecule has 1 amide bonds. The maximum atomic E-state index is 13.2. The molecule has 29 heavy (non-hydrogen) atoms. The maximum Gasteiger partial charge on any atom is 0.256 e. The van der Waals surface area contributed by atoms with Gasteiger partial charge in [0, 0.05) is 10.9 Å². The number of hydrogen-bond donors (Lipinski definition) is 1. The van der Waals surface area contributed by atoms with Gasteiger partial charge in [0.2, 0.25) is 0 Å². The van der Waals surface area contributed by atoms with Crippen LogP contribution in [0.1, 0.15) is 27.0 Å². The second kappa shape index (κ2) is 7.69. The van der Waals surface area contributed by atoms with E-state index in [9.17, 15) is 4.79 Å². The molecular weight excluding hydrogens is 380 g/mol. The first-order chi connectivity index (χ1) is 13.9. The highest BCUT2D eigenvalue weighted by Gasteiger charge is 2.17. The van der Waals surface area contributed by atoms with Crippen molar-refractivity contribution in [2.24, 2.45) is 0 Å². The van der Waals surface area contributed by atoms with E-state index in [1.165, 1.54) is 5.56 Å². The number of pyridine rings is 1. The molecule has 3 aromatic carbocycles. The highest BCUT2D eigenvalue weighted by atomic mass is 35.5. The van der Waals surface area contributed by atoms with E-state index in [1.54, 1.807) is 12.1 Å². The molecular formula is C25H21ClN2O. The molecule has 1 aromatic heterocycles. The Balaban J connectivity index is 1.89. The van der Waals surface area contributed by atoms with Crippen molar-refractivity contribution in [3.63, 3.8) is 0 Å². The minimum atomic E-state index is -0.205. The number of fused-ring (bicyclic) bond motifs is 1. The van der Waals surface area contributed by atoms with E-state index in [0.29, 0.717) is 16.3 Å². The third-order valence-electron chi connectivity index (χ3n) is 4.96. The second-order valence-electron chi connectivity index (χ2n) is 7.33. The van der Waals surface area contributed by atoms with Crippen molar-refractivity contribution in [1.29, 1.82) is 0 Å². The number of anilines is 1. The van der Waals surface area contributed by atoms with Crippen LogP contribution in [0.2, 0.25) is 5.02 Å². The lowest BCUT2D eigenvalue weighted by Gasteiger charge is -2.13. The zero-order valence-corrected chi connectivity index (χ0v) is 17.3. The topological polar surface area (TPSA) is 42.0 Å². The number of halogens is 1. The van der Waals surface area contributed by atoms with Crippen molar-refractivity contribution < 1.29 is 4.79 Å². The second-order valence-corrected chi connectivity index (χ2v) is 7.74. The molecule has 1 N–H and O–H groups in total. The molecule has 0 bridgehead atoms. The summed E-state index contributed by atoms with van der Waals surface area (Å²) in [6.45, 7) is 6.10. The van der Waals surface area contributed by atoms with Crippen LogP contribution in [-0.2, 0) is 0 Å². The highest BCUT2D eigenvalue weighted by Crippen LogP contribution is 2.29. The molecule has 3 nitrogen and oxygen atoms in total. The summed E-state index contributed by atoms with van der Waals surface area (Å²) in [6, 6.07) is 21.3. The van der Waals surface area contributed by atoms with Crippen LogP contribution in [0.5, 0.6) is 0 Å². The molecule has 4 rings (SSSR count). The lowest BCUT2D eigenvalue weighted by molar-refractivity contribution is 0.102. The summed E-state index contributed by atoms with van der Waals surface area (Å²) in [5.41, 5.74) is 7.06. The Hall–Kier alpha value is -3.17. The summed E-state index contributed by atoms with van der Waals surface area (Å²) < 4.78 is 0. The van der Waals surface area contributed by atoms with Gasteiger partial charge in [-0.15, -0.1) is 0 Å². The number of amides is 1. The molecule has 4 aromatic rings. The predicted molar refractivity (Wildman–Crippen MR) is 121 cm³/mol. The van der Waals surface area contributed by atoms with Crippen molar-refractivity contribution in [2.75, 3.05) is 5.32 Å². The standard InChI is InChI=1S/C25H21ClN2O/c1-15-8-10-18(11-9-15)23-14-20(19-13-16(2)12-17(3)24(19)27-23)25(29)28-22-7-5-4-6-21(22)26/h4-14H,1-3H3,(H,28,29). The molecule has 144 valence electrons. The van der Waals surface area contributed by atoms with Crippen LogP contribution in [0.4, 0.5) is 5.69 Å². The fourth-order valence-electron chi connectivity index (χ4n) is 3.49. The summed E-state index contributed by atoms with van der Waals surface area (Å²) in [5.74, 6) is -0.205. The minimum Gasteiger partial charge on any atom is -0.321 e. The van der Waals surface area contributed by atoms with Crippen LogP contribution in [0, 0.1) is 20.8 Å². The first-order valence-corrected chi connectivity index (χ1v) is 9.85. The van der Waals surface area contributed by atoms with E-state index >= 15 is 0 Å². The number of carbonyl (C=O) groups is 1. The number of nitrogens with zero attached hydrogens (tertiary/aromatic N) is 1. The minimum absolute atomic E-state index is 0.205. The number of hydrogen-bond acceptors (Lipinski definition) is 2. The van der Waals surface area contributed by atoms with Crippen LogP contribution in [0.3, 0.4) is 0 Å². The molecule has 0 saturated carbocycles. The van der Waals surface area contributed by atoms with Crippen molar-refractivity contribution >= 4 is 34.1 Å². The first-order valence-electron chi connectivity index (χ1n) is 9.47. The SMILES string of the molecule is Cc1ccc(-c2cc(C(=O)Nc3ccccc3Cl)c3cc(C)cc(C)c3n2)cc1. The third-order valence-corrected chi connectivity index (χ3v) is 5.29. The summed E-state index contributed by atoms with van der Waals surface area (Å²) in [6.07, 6.45) is 0. The summed E-state index contributed by atoms with van der Waals surface area (Å²) >= 11 is 6.24. The molecule has 0 saturated heterocycles. The Kier molecular flexibility index (Phi) is 5.08. The Bertz CT molecular complexity index is 1230. The number of para-hydroxylation sites is 1. The van der Waals surface area contributed by atoms with Gasteiger partial charge < -0.3 is 5.32 Å². The van der Waals surface area contributed by atoms with E-state index in [1.807, 2.05) is 69.3 Å². The number of aromatic nitrogens is 1. The van der Waals surface area contributed by atoms with Crippen LogP contribution >= 0.6 is 11.6 Å². The molecule has 0 radical (unpaired) electrons. The monoisotopic (exact) mass is 400 g/mol. The van der Waals surface area contributed by atoms with Gasteiger partial charge in [-0.2, -0.15) is 0 Å². The summed E-state index contributed by atoms with van der Waals surface area (Å²) in [5, 5.41) is 4.29. The average molecular weight is 401 g/mol. The molecule has 1 heterocycles. The first kappa shape index (κ1) is 19.2. The van der Waals surface area contributed by atoms with Gasteiger partial charge in [0.25, 0.3) is 5.91 Å². The van der Waals surface area contributed by atoms with Crippen molar-refractivity contribution in [3.05, 3.63) is 94.0 Å². The smallest absolute Gasteiger partial charge is 0.256 e. The predicted octanol–water partition coefficient (Wildman–Crippen LogP) is 6.73. The fourth-order valence-corrected chi connectivity index (χ4v) is 3.68. The summed E-state index contributed by atoms with van der Waals surface area (Å²) in [7, 11) is 0. The number of carbonyl (C=O) groups excluding carboxylic acids is 1. The van der Waals surface area contributed by atoms with Gasteiger partial charge in [-0.25, -0.2) is 4.98 Å². The van der Waals surface area contributed by atoms with E-state index in [2.05, 4.69) is 11.4 Å². The van der Waals surface area contributed by atoms with Gasteiger partial charge >= 0.3 is 0 Å². The largest absolute Gasteiger partial charge is 0.321 e. The number of aryl methyl sites for hydroxylation is 3. The third kappa shape index (κ3) is 3.87. The van der Waals surface area contributed by atoms with E-state index in [0.717, 1.165) is 33.3 Å². The molecule has 0 unspecified atom stereocenters. The van der Waals surface area contributed by atoms with E-state index in [4.69, 9.17) is 16.6 Å². The van der Waals surface area contributed by atoms with Crippen LogP contribution < -0.4 is 5.32 Å².